The Kier molecular flexibility index (Phi) is 3.03. The molecule has 13 heavy (non-hydrogen) atoms. The van der Waals surface area contributed by atoms with E-state index in [1.165, 1.54) is 0 Å². The van der Waals surface area contributed by atoms with E-state index in [4.69, 9.17) is 0 Å². The average molecular weight is 196 g/mol. The standard InChI is InChI=1S/C9H10N3.ClH/c1-11-8-7-10-12(11)9-5-3-2-4-6-9;/h2-8H,1H3;1H/q+1;/p-1. The van der Waals surface area contributed by atoms with Crippen LogP contribution in [0.25, 0.3) is 5.69 Å². The van der Waals surface area contributed by atoms with Gasteiger partial charge in [-0.25, -0.2) is 0 Å². The van der Waals surface area contributed by atoms with Gasteiger partial charge < -0.3 is 12.4 Å². The van der Waals surface area contributed by atoms with Crippen LogP contribution in [0.2, 0.25) is 0 Å². The average Bonchev–Trinajstić information content (AvgIpc) is 2.53. The van der Waals surface area contributed by atoms with E-state index >= 15 is 0 Å². The number of nitrogens with zero attached hydrogens (tertiary/aromatic N) is 3. The molecule has 2 rings (SSSR count). The third kappa shape index (κ3) is 1.87. The number of hydrogen-bond acceptors (Lipinski definition) is 1. The molecular formula is C9H10ClN3. The molecular weight excluding hydrogens is 186 g/mol. The topological polar surface area (TPSA) is 21.7 Å². The van der Waals surface area contributed by atoms with Crippen molar-refractivity contribution >= 4 is 0 Å². The molecule has 0 aliphatic heterocycles. The Morgan fingerprint density at radius 3 is 2.46 bits per heavy atom. The maximum atomic E-state index is 4.17. The Hall–Kier alpha value is -1.35. The van der Waals surface area contributed by atoms with Gasteiger partial charge in [-0.3, -0.25) is 0 Å². The molecule has 1 aromatic heterocycles. The van der Waals surface area contributed by atoms with Gasteiger partial charge in [0.25, 0.3) is 0 Å². The first-order chi connectivity index (χ1) is 5.88. The highest BCUT2D eigenvalue weighted by molar-refractivity contribution is 5.27. The minimum atomic E-state index is 0. The second kappa shape index (κ2) is 4.05. The van der Waals surface area contributed by atoms with E-state index in [1.54, 1.807) is 6.20 Å². The van der Waals surface area contributed by atoms with Gasteiger partial charge in [0.1, 0.15) is 12.7 Å². The van der Waals surface area contributed by atoms with E-state index in [9.17, 15) is 0 Å². The molecule has 0 fully saturated rings. The van der Waals surface area contributed by atoms with Crippen LogP contribution in [0.1, 0.15) is 0 Å². The fourth-order valence-corrected chi connectivity index (χ4v) is 1.14. The largest absolute Gasteiger partial charge is 1.00 e. The summed E-state index contributed by atoms with van der Waals surface area (Å²) in [6.45, 7) is 0. The van der Waals surface area contributed by atoms with Gasteiger partial charge in [0.05, 0.1) is 0 Å². The number of halogens is 1. The molecule has 0 bridgehead atoms. The first-order valence-electron chi connectivity index (χ1n) is 3.83. The maximum Gasteiger partial charge on any atom is 0.206 e. The highest BCUT2D eigenvalue weighted by Crippen LogP contribution is 2.00. The Morgan fingerprint density at radius 1 is 1.23 bits per heavy atom. The van der Waals surface area contributed by atoms with Crippen LogP contribution >= 0.6 is 0 Å². The zero-order valence-corrected chi connectivity index (χ0v) is 8.02. The van der Waals surface area contributed by atoms with Crippen LogP contribution < -0.4 is 17.1 Å². The first-order valence-corrected chi connectivity index (χ1v) is 3.83. The van der Waals surface area contributed by atoms with Gasteiger partial charge in [-0.2, -0.15) is 4.68 Å². The molecule has 68 valence electrons. The SMILES string of the molecule is C[n+]1ccnn1-c1ccccc1.[Cl-]. The molecule has 1 aromatic carbocycles. The predicted molar refractivity (Wildman–Crippen MR) is 44.7 cm³/mol. The van der Waals surface area contributed by atoms with Crippen molar-refractivity contribution in [3.8, 4) is 5.69 Å². The van der Waals surface area contributed by atoms with E-state index in [0.29, 0.717) is 0 Å². The molecule has 0 radical (unpaired) electrons. The van der Waals surface area contributed by atoms with E-state index in [0.717, 1.165) is 5.69 Å². The highest BCUT2D eigenvalue weighted by atomic mass is 35.5. The molecule has 0 amide bonds. The lowest BCUT2D eigenvalue weighted by atomic mass is 10.3. The Balaban J connectivity index is 0.000000845. The van der Waals surface area contributed by atoms with Crippen LogP contribution in [0.4, 0.5) is 0 Å². The van der Waals surface area contributed by atoms with Crippen LogP contribution in [0, 0.1) is 0 Å². The normalized spacial score (nSPS) is 9.31. The molecule has 0 spiro atoms. The lowest BCUT2D eigenvalue weighted by Gasteiger charge is -1.95. The lowest BCUT2D eigenvalue weighted by molar-refractivity contribution is -0.748. The van der Waals surface area contributed by atoms with Crippen LogP contribution in [-0.2, 0) is 7.05 Å². The predicted octanol–water partition coefficient (Wildman–Crippen LogP) is -2.30. The summed E-state index contributed by atoms with van der Waals surface area (Å²) in [5.74, 6) is 0. The molecule has 0 saturated carbocycles. The minimum absolute atomic E-state index is 0. The number of benzene rings is 1. The van der Waals surface area contributed by atoms with Crippen molar-refractivity contribution in [2.45, 2.75) is 0 Å². The summed E-state index contributed by atoms with van der Waals surface area (Å²) in [6, 6.07) is 10.0. The summed E-state index contributed by atoms with van der Waals surface area (Å²) < 4.78 is 1.93. The van der Waals surface area contributed by atoms with Crippen molar-refractivity contribution in [3.63, 3.8) is 0 Å². The van der Waals surface area contributed by atoms with Gasteiger partial charge in [0.15, 0.2) is 6.20 Å². The number of rotatable bonds is 1. The summed E-state index contributed by atoms with van der Waals surface area (Å²) in [6.07, 6.45) is 3.68. The molecule has 0 aliphatic carbocycles. The van der Waals surface area contributed by atoms with E-state index < -0.39 is 0 Å². The summed E-state index contributed by atoms with van der Waals surface area (Å²) >= 11 is 0. The van der Waals surface area contributed by atoms with Crippen LogP contribution in [0.3, 0.4) is 0 Å². The lowest BCUT2D eigenvalue weighted by Crippen LogP contribution is -3.00. The molecule has 0 N–H and O–H groups in total. The highest BCUT2D eigenvalue weighted by Gasteiger charge is 2.05. The first kappa shape index (κ1) is 9.74. The summed E-state index contributed by atoms with van der Waals surface area (Å²) in [7, 11) is 1.96. The van der Waals surface area contributed by atoms with Crippen LogP contribution in [0.15, 0.2) is 42.7 Å². The molecule has 4 heteroatoms. The number of aromatic nitrogens is 3. The van der Waals surface area contributed by atoms with Crippen molar-refractivity contribution in [1.82, 2.24) is 9.90 Å². The maximum absolute atomic E-state index is 4.17. The summed E-state index contributed by atoms with van der Waals surface area (Å²) in [4.78, 5) is 1.83. The van der Waals surface area contributed by atoms with Gasteiger partial charge in [-0.1, -0.05) is 18.2 Å². The monoisotopic (exact) mass is 195 g/mol. The van der Waals surface area contributed by atoms with Crippen LogP contribution in [0.5, 0.6) is 0 Å². The molecule has 0 aliphatic rings. The van der Waals surface area contributed by atoms with Gasteiger partial charge in [0, 0.05) is 5.10 Å². The van der Waals surface area contributed by atoms with Gasteiger partial charge in [0.2, 0.25) is 6.20 Å². The van der Waals surface area contributed by atoms with E-state index in [1.807, 2.05) is 53.1 Å². The van der Waals surface area contributed by atoms with Crippen molar-refractivity contribution < 1.29 is 17.1 Å². The summed E-state index contributed by atoms with van der Waals surface area (Å²) in [5.41, 5.74) is 1.07. The van der Waals surface area contributed by atoms with E-state index in [-0.39, 0.29) is 12.4 Å². The minimum Gasteiger partial charge on any atom is -1.00 e. The second-order valence-corrected chi connectivity index (χ2v) is 2.61. The number of hydrogen-bond donors (Lipinski definition) is 0. The fraction of sp³-hybridized carbons (Fsp3) is 0.111. The number of para-hydroxylation sites is 1. The van der Waals surface area contributed by atoms with Gasteiger partial charge >= 0.3 is 0 Å². The van der Waals surface area contributed by atoms with Gasteiger partial charge in [-0.15, -0.1) is 0 Å². The summed E-state index contributed by atoms with van der Waals surface area (Å²) in [5, 5.41) is 4.17. The molecule has 2 aromatic rings. The zero-order chi connectivity index (χ0) is 8.39. The third-order valence-corrected chi connectivity index (χ3v) is 1.74. The molecule has 0 saturated heterocycles. The molecule has 1 heterocycles. The van der Waals surface area contributed by atoms with Crippen molar-refractivity contribution in [2.24, 2.45) is 7.05 Å². The fourth-order valence-electron chi connectivity index (χ4n) is 1.14. The molecule has 3 nitrogen and oxygen atoms in total. The smallest absolute Gasteiger partial charge is 0.206 e. The van der Waals surface area contributed by atoms with Crippen molar-refractivity contribution in [2.75, 3.05) is 0 Å². The van der Waals surface area contributed by atoms with Crippen molar-refractivity contribution in [3.05, 3.63) is 42.7 Å². The second-order valence-electron chi connectivity index (χ2n) is 2.61. The Bertz CT molecular complexity index is 369. The van der Waals surface area contributed by atoms with Gasteiger partial charge in [-0.05, 0) is 16.9 Å². The molecule has 0 atom stereocenters. The van der Waals surface area contributed by atoms with Crippen LogP contribution in [-0.4, -0.2) is 9.90 Å². The quantitative estimate of drug-likeness (QED) is 0.470. The van der Waals surface area contributed by atoms with E-state index in [2.05, 4.69) is 5.10 Å². The Labute approximate surface area is 83.0 Å². The third-order valence-electron chi connectivity index (χ3n) is 1.74. The number of aryl methyl sites for hydroxylation is 1. The zero-order valence-electron chi connectivity index (χ0n) is 7.26. The molecule has 0 unspecified atom stereocenters. The Morgan fingerprint density at radius 2 is 1.92 bits per heavy atom. The van der Waals surface area contributed by atoms with Crippen molar-refractivity contribution in [1.29, 1.82) is 0 Å².